The molecule has 2 rings (SSSR count). The Bertz CT molecular complexity index is 906. The predicted molar refractivity (Wildman–Crippen MR) is 94.5 cm³/mol. The van der Waals surface area contributed by atoms with Crippen LogP contribution in [0.4, 0.5) is 11.5 Å². The molecule has 0 aliphatic heterocycles. The number of methoxy groups -OCH3 is 1. The van der Waals surface area contributed by atoms with Crippen LogP contribution in [0.15, 0.2) is 34.9 Å². The molecule has 26 heavy (non-hydrogen) atoms. The molecule has 0 unspecified atom stereocenters. The minimum absolute atomic E-state index is 0.105. The summed E-state index contributed by atoms with van der Waals surface area (Å²) in [6, 6.07) is 7.53. The lowest BCUT2D eigenvalue weighted by Crippen LogP contribution is -2.33. The number of ether oxygens (including phenoxy) is 1. The molecule has 0 aliphatic rings. The third kappa shape index (κ3) is 5.06. The van der Waals surface area contributed by atoms with Crippen molar-refractivity contribution in [2.45, 2.75) is 13.3 Å². The summed E-state index contributed by atoms with van der Waals surface area (Å²) in [4.78, 5) is 23.7. The van der Waals surface area contributed by atoms with Crippen molar-refractivity contribution in [2.75, 3.05) is 29.5 Å². The maximum absolute atomic E-state index is 12.1. The zero-order valence-corrected chi connectivity index (χ0v) is 15.4. The van der Waals surface area contributed by atoms with E-state index in [-0.39, 0.29) is 30.0 Å². The maximum Gasteiger partial charge on any atom is 0.337 e. The zero-order chi connectivity index (χ0) is 19.3. The number of hydrogen-bond acceptors (Lipinski definition) is 7. The number of rotatable bonds is 7. The van der Waals surface area contributed by atoms with Crippen LogP contribution in [-0.4, -0.2) is 45.4 Å². The highest BCUT2D eigenvalue weighted by atomic mass is 32.2. The first-order valence-electron chi connectivity index (χ1n) is 7.60. The first kappa shape index (κ1) is 19.4. The number of amides is 1. The molecule has 140 valence electrons. The van der Waals surface area contributed by atoms with Gasteiger partial charge in [0.25, 0.3) is 0 Å². The number of nitrogens with zero attached hydrogens (tertiary/aromatic N) is 2. The zero-order valence-electron chi connectivity index (χ0n) is 14.6. The van der Waals surface area contributed by atoms with Crippen molar-refractivity contribution in [1.82, 2.24) is 5.16 Å². The van der Waals surface area contributed by atoms with Gasteiger partial charge >= 0.3 is 5.97 Å². The Morgan fingerprint density at radius 2 is 2.04 bits per heavy atom. The average molecular weight is 381 g/mol. The van der Waals surface area contributed by atoms with Gasteiger partial charge < -0.3 is 14.6 Å². The van der Waals surface area contributed by atoms with E-state index < -0.39 is 21.9 Å². The standard InChI is InChI=1S/C16H19N3O6S/c1-11-9-14(18-25-11)17-15(20)7-8-19(26(3,22)23)13-6-4-5-12(10-13)16(21)24-2/h4-6,9-10H,7-8H2,1-3H3,(H,17,18,20). The Morgan fingerprint density at radius 1 is 1.31 bits per heavy atom. The first-order chi connectivity index (χ1) is 12.2. The minimum Gasteiger partial charge on any atom is -0.465 e. The highest BCUT2D eigenvalue weighted by Crippen LogP contribution is 2.20. The molecule has 10 heteroatoms. The number of anilines is 2. The highest BCUT2D eigenvalue weighted by molar-refractivity contribution is 7.92. The van der Waals surface area contributed by atoms with E-state index in [4.69, 9.17) is 4.52 Å². The summed E-state index contributed by atoms with van der Waals surface area (Å²) < 4.78 is 34.7. The molecule has 1 N–H and O–H groups in total. The highest BCUT2D eigenvalue weighted by Gasteiger charge is 2.20. The fourth-order valence-corrected chi connectivity index (χ4v) is 3.15. The lowest BCUT2D eigenvalue weighted by molar-refractivity contribution is -0.116. The molecule has 0 atom stereocenters. The smallest absolute Gasteiger partial charge is 0.337 e. The van der Waals surface area contributed by atoms with Crippen LogP contribution in [0.3, 0.4) is 0 Å². The van der Waals surface area contributed by atoms with Gasteiger partial charge in [-0.15, -0.1) is 0 Å². The van der Waals surface area contributed by atoms with Crippen molar-refractivity contribution >= 4 is 33.4 Å². The molecule has 9 nitrogen and oxygen atoms in total. The average Bonchev–Trinajstić information content (AvgIpc) is 2.98. The molecule has 0 saturated carbocycles. The van der Waals surface area contributed by atoms with Crippen LogP contribution in [0.1, 0.15) is 22.5 Å². The van der Waals surface area contributed by atoms with Gasteiger partial charge in [-0.2, -0.15) is 0 Å². The molecule has 0 fully saturated rings. The Hall–Kier alpha value is -2.88. The SMILES string of the molecule is COC(=O)c1cccc(N(CCC(=O)Nc2cc(C)on2)S(C)(=O)=O)c1. The van der Waals surface area contributed by atoms with Crippen LogP contribution in [0.5, 0.6) is 0 Å². The second-order valence-corrected chi connectivity index (χ2v) is 7.40. The Labute approximate surface area is 151 Å². The van der Waals surface area contributed by atoms with Crippen LogP contribution in [0.25, 0.3) is 0 Å². The lowest BCUT2D eigenvalue weighted by atomic mass is 10.2. The van der Waals surface area contributed by atoms with E-state index in [0.717, 1.165) is 10.6 Å². The molecular weight excluding hydrogens is 362 g/mol. The lowest BCUT2D eigenvalue weighted by Gasteiger charge is -2.22. The van der Waals surface area contributed by atoms with Crippen molar-refractivity contribution in [3.05, 3.63) is 41.7 Å². The molecule has 0 spiro atoms. The number of nitrogens with one attached hydrogen (secondary N) is 1. The molecule has 0 aliphatic carbocycles. The van der Waals surface area contributed by atoms with Crippen molar-refractivity contribution in [3.63, 3.8) is 0 Å². The van der Waals surface area contributed by atoms with Gasteiger partial charge in [0.15, 0.2) is 5.82 Å². The fourth-order valence-electron chi connectivity index (χ4n) is 2.23. The molecule has 1 amide bonds. The summed E-state index contributed by atoms with van der Waals surface area (Å²) in [5.74, 6) is -0.209. The van der Waals surface area contributed by atoms with E-state index in [1.54, 1.807) is 13.0 Å². The number of carbonyl (C=O) groups excluding carboxylic acids is 2. The summed E-state index contributed by atoms with van der Waals surface area (Å²) in [5.41, 5.74) is 0.474. The topological polar surface area (TPSA) is 119 Å². The first-order valence-corrected chi connectivity index (χ1v) is 9.45. The van der Waals surface area contributed by atoms with Crippen molar-refractivity contribution in [2.24, 2.45) is 0 Å². The summed E-state index contributed by atoms with van der Waals surface area (Å²) in [6.07, 6.45) is 0.915. The Kier molecular flexibility index (Phi) is 5.98. The van der Waals surface area contributed by atoms with Crippen LogP contribution in [0, 0.1) is 6.92 Å². The van der Waals surface area contributed by atoms with Gasteiger partial charge in [0.1, 0.15) is 5.76 Å². The number of sulfonamides is 1. The normalized spacial score (nSPS) is 11.0. The second kappa shape index (κ2) is 8.00. The van der Waals surface area contributed by atoms with Crippen molar-refractivity contribution in [3.8, 4) is 0 Å². The molecule has 1 heterocycles. The quantitative estimate of drug-likeness (QED) is 0.723. The largest absolute Gasteiger partial charge is 0.465 e. The maximum atomic E-state index is 12.1. The van der Waals surface area contributed by atoms with E-state index in [0.29, 0.717) is 5.76 Å². The molecule has 0 radical (unpaired) electrons. The van der Waals surface area contributed by atoms with E-state index in [9.17, 15) is 18.0 Å². The molecule has 1 aromatic heterocycles. The van der Waals surface area contributed by atoms with Gasteiger partial charge in [-0.25, -0.2) is 13.2 Å². The summed E-state index contributed by atoms with van der Waals surface area (Å²) in [6.45, 7) is 1.58. The fraction of sp³-hybridized carbons (Fsp3) is 0.312. The van der Waals surface area contributed by atoms with E-state index in [1.165, 1.54) is 31.4 Å². The van der Waals surface area contributed by atoms with Crippen LogP contribution < -0.4 is 9.62 Å². The summed E-state index contributed by atoms with van der Waals surface area (Å²) in [7, 11) is -2.43. The van der Waals surface area contributed by atoms with E-state index in [2.05, 4.69) is 15.2 Å². The van der Waals surface area contributed by atoms with Gasteiger partial charge in [-0.05, 0) is 25.1 Å². The minimum atomic E-state index is -3.66. The summed E-state index contributed by atoms with van der Waals surface area (Å²) in [5, 5.41) is 6.16. The van der Waals surface area contributed by atoms with Crippen molar-refractivity contribution in [1.29, 1.82) is 0 Å². The molecule has 0 saturated heterocycles. The van der Waals surface area contributed by atoms with Crippen LogP contribution in [-0.2, 0) is 19.6 Å². The summed E-state index contributed by atoms with van der Waals surface area (Å²) >= 11 is 0. The molecule has 1 aromatic carbocycles. The monoisotopic (exact) mass is 381 g/mol. The molecular formula is C16H19N3O6S. The van der Waals surface area contributed by atoms with E-state index in [1.807, 2.05) is 0 Å². The number of benzene rings is 1. The molecule has 0 bridgehead atoms. The van der Waals surface area contributed by atoms with Gasteiger partial charge in [-0.3, -0.25) is 9.10 Å². The van der Waals surface area contributed by atoms with Gasteiger partial charge in [-0.1, -0.05) is 11.2 Å². The van der Waals surface area contributed by atoms with E-state index >= 15 is 0 Å². The third-order valence-corrected chi connectivity index (χ3v) is 4.59. The number of carbonyl (C=O) groups is 2. The number of aryl methyl sites for hydroxylation is 1. The van der Waals surface area contributed by atoms with Gasteiger partial charge in [0.2, 0.25) is 15.9 Å². The molecule has 2 aromatic rings. The number of esters is 1. The van der Waals surface area contributed by atoms with Gasteiger partial charge in [0, 0.05) is 19.0 Å². The number of hydrogen-bond donors (Lipinski definition) is 1. The van der Waals surface area contributed by atoms with Crippen LogP contribution in [0.2, 0.25) is 0 Å². The van der Waals surface area contributed by atoms with Gasteiger partial charge in [0.05, 0.1) is 24.6 Å². The Morgan fingerprint density at radius 3 is 2.62 bits per heavy atom. The Balaban J connectivity index is 2.13. The predicted octanol–water partition coefficient (Wildman–Crippen LogP) is 1.56. The number of aromatic nitrogens is 1. The van der Waals surface area contributed by atoms with Crippen LogP contribution >= 0.6 is 0 Å². The van der Waals surface area contributed by atoms with Crippen molar-refractivity contribution < 1.29 is 27.3 Å². The second-order valence-electron chi connectivity index (χ2n) is 5.50. The third-order valence-electron chi connectivity index (χ3n) is 3.39.